The highest BCUT2D eigenvalue weighted by atomic mass is 16.5. The Hall–Kier alpha value is -1.54. The molecule has 88 valence electrons. The molecule has 1 aliphatic heterocycles. The normalized spacial score (nSPS) is 20.6. The largest absolute Gasteiger partial charge is 0.378 e. The van der Waals surface area contributed by atoms with E-state index in [-0.39, 0.29) is 18.5 Å². The van der Waals surface area contributed by atoms with Crippen molar-refractivity contribution in [3.05, 3.63) is 6.33 Å². The Labute approximate surface area is 92.3 Å². The second-order valence-corrected chi connectivity index (χ2v) is 3.54. The number of aromatic nitrogens is 4. The van der Waals surface area contributed by atoms with Crippen molar-refractivity contribution in [1.29, 1.82) is 0 Å². The third-order valence-electron chi connectivity index (χ3n) is 2.24. The summed E-state index contributed by atoms with van der Waals surface area (Å²) in [6.45, 7) is 2.88. The minimum Gasteiger partial charge on any atom is -0.378 e. The zero-order valence-electron chi connectivity index (χ0n) is 8.80. The van der Waals surface area contributed by atoms with Gasteiger partial charge in [0.1, 0.15) is 12.9 Å². The predicted octanol–water partition coefficient (Wildman–Crippen LogP) is -2.22. The summed E-state index contributed by atoms with van der Waals surface area (Å²) >= 11 is 0. The first kappa shape index (κ1) is 11.0. The molecule has 0 saturated carbocycles. The van der Waals surface area contributed by atoms with E-state index in [9.17, 15) is 4.79 Å². The zero-order valence-corrected chi connectivity index (χ0v) is 8.80. The van der Waals surface area contributed by atoms with Gasteiger partial charge in [-0.2, -0.15) is 0 Å². The monoisotopic (exact) mass is 226 g/mol. The topological polar surface area (TPSA) is 94.0 Å². The van der Waals surface area contributed by atoms with E-state index in [0.717, 1.165) is 13.2 Å². The molecule has 1 aromatic rings. The first-order chi connectivity index (χ1) is 7.84. The summed E-state index contributed by atoms with van der Waals surface area (Å²) in [7, 11) is 0. The summed E-state index contributed by atoms with van der Waals surface area (Å²) in [5, 5.41) is 16.5. The number of nitrogens with zero attached hydrogens (tertiary/aromatic N) is 4. The van der Waals surface area contributed by atoms with Crippen molar-refractivity contribution in [1.82, 2.24) is 30.8 Å². The van der Waals surface area contributed by atoms with Gasteiger partial charge in [0, 0.05) is 19.1 Å². The van der Waals surface area contributed by atoms with Crippen molar-refractivity contribution in [2.45, 2.75) is 12.6 Å². The van der Waals surface area contributed by atoms with Crippen molar-refractivity contribution in [2.75, 3.05) is 26.3 Å². The quantitative estimate of drug-likeness (QED) is 0.604. The van der Waals surface area contributed by atoms with Gasteiger partial charge < -0.3 is 15.4 Å². The summed E-state index contributed by atoms with van der Waals surface area (Å²) < 4.78 is 6.64. The lowest BCUT2D eigenvalue weighted by Crippen LogP contribution is -2.48. The summed E-state index contributed by atoms with van der Waals surface area (Å²) in [6, 6.07) is 0.187. The maximum atomic E-state index is 11.5. The van der Waals surface area contributed by atoms with Crippen LogP contribution in [0.5, 0.6) is 0 Å². The molecule has 1 amide bonds. The lowest BCUT2D eigenvalue weighted by molar-refractivity contribution is -0.122. The molecule has 0 spiro atoms. The molecule has 1 atom stereocenters. The molecule has 0 radical (unpaired) electrons. The van der Waals surface area contributed by atoms with E-state index in [2.05, 4.69) is 26.2 Å². The molecular formula is C8H14N6O2. The average molecular weight is 226 g/mol. The van der Waals surface area contributed by atoms with Gasteiger partial charge in [-0.3, -0.25) is 4.79 Å². The number of morpholine rings is 1. The Morgan fingerprint density at radius 3 is 3.31 bits per heavy atom. The molecule has 2 rings (SSSR count). The molecule has 1 fully saturated rings. The second-order valence-electron chi connectivity index (χ2n) is 3.54. The van der Waals surface area contributed by atoms with E-state index in [0.29, 0.717) is 13.2 Å². The van der Waals surface area contributed by atoms with Gasteiger partial charge >= 0.3 is 0 Å². The molecule has 8 heteroatoms. The molecule has 2 N–H and O–H groups in total. The Bertz CT molecular complexity index is 321. The van der Waals surface area contributed by atoms with Crippen LogP contribution < -0.4 is 10.6 Å². The molecular weight excluding hydrogens is 212 g/mol. The number of ether oxygens (including phenoxy) is 1. The molecule has 1 aromatic heterocycles. The maximum absolute atomic E-state index is 11.5. The third-order valence-corrected chi connectivity index (χ3v) is 2.24. The minimum atomic E-state index is -0.111. The van der Waals surface area contributed by atoms with Gasteiger partial charge in [-0.25, -0.2) is 4.68 Å². The molecule has 8 nitrogen and oxygen atoms in total. The number of nitrogens with one attached hydrogen (secondary N) is 2. The van der Waals surface area contributed by atoms with Gasteiger partial charge in [0.15, 0.2) is 0 Å². The van der Waals surface area contributed by atoms with Crippen molar-refractivity contribution in [2.24, 2.45) is 0 Å². The van der Waals surface area contributed by atoms with Crippen LogP contribution in [-0.4, -0.2) is 58.5 Å². The highest BCUT2D eigenvalue weighted by Gasteiger charge is 2.13. The third kappa shape index (κ3) is 3.24. The van der Waals surface area contributed by atoms with Crippen LogP contribution in [0.25, 0.3) is 0 Å². The van der Waals surface area contributed by atoms with Gasteiger partial charge in [0.2, 0.25) is 5.91 Å². The fourth-order valence-corrected chi connectivity index (χ4v) is 1.44. The van der Waals surface area contributed by atoms with Crippen LogP contribution in [0.2, 0.25) is 0 Å². The number of carbonyl (C=O) groups is 1. The van der Waals surface area contributed by atoms with E-state index in [4.69, 9.17) is 4.74 Å². The van der Waals surface area contributed by atoms with Crippen LogP contribution >= 0.6 is 0 Å². The molecule has 1 saturated heterocycles. The molecule has 1 aliphatic rings. The first-order valence-corrected chi connectivity index (χ1v) is 5.13. The van der Waals surface area contributed by atoms with Crippen LogP contribution in [0.3, 0.4) is 0 Å². The highest BCUT2D eigenvalue weighted by Crippen LogP contribution is 1.91. The number of amides is 1. The second kappa shape index (κ2) is 5.52. The van der Waals surface area contributed by atoms with Crippen LogP contribution in [0, 0.1) is 0 Å². The van der Waals surface area contributed by atoms with Gasteiger partial charge in [-0.05, 0) is 10.4 Å². The molecule has 0 bridgehead atoms. The van der Waals surface area contributed by atoms with Gasteiger partial charge in [-0.1, -0.05) is 0 Å². The lowest BCUT2D eigenvalue weighted by atomic mass is 10.3. The first-order valence-electron chi connectivity index (χ1n) is 5.13. The molecule has 1 unspecified atom stereocenters. The number of rotatable bonds is 4. The number of carbonyl (C=O) groups excluding carboxylic acids is 1. The van der Waals surface area contributed by atoms with Crippen LogP contribution in [0.15, 0.2) is 6.33 Å². The fourth-order valence-electron chi connectivity index (χ4n) is 1.44. The number of hydrogen-bond donors (Lipinski definition) is 2. The highest BCUT2D eigenvalue weighted by molar-refractivity contribution is 5.75. The molecule has 0 aromatic carbocycles. The summed E-state index contributed by atoms with van der Waals surface area (Å²) in [4.78, 5) is 11.5. The van der Waals surface area contributed by atoms with Crippen molar-refractivity contribution >= 4 is 5.91 Å². The predicted molar refractivity (Wildman–Crippen MR) is 53.4 cm³/mol. The smallest absolute Gasteiger partial charge is 0.241 e. The summed E-state index contributed by atoms with van der Waals surface area (Å²) in [5.41, 5.74) is 0. The fraction of sp³-hybridized carbons (Fsp3) is 0.750. The molecule has 2 heterocycles. The zero-order chi connectivity index (χ0) is 11.2. The van der Waals surface area contributed by atoms with Crippen LogP contribution in [0.4, 0.5) is 0 Å². The van der Waals surface area contributed by atoms with Crippen LogP contribution in [-0.2, 0) is 16.1 Å². The van der Waals surface area contributed by atoms with E-state index in [1.807, 2.05) is 0 Å². The van der Waals surface area contributed by atoms with E-state index in [1.165, 1.54) is 11.0 Å². The Morgan fingerprint density at radius 2 is 2.62 bits per heavy atom. The number of hydrogen-bond acceptors (Lipinski definition) is 6. The van der Waals surface area contributed by atoms with E-state index >= 15 is 0 Å². The van der Waals surface area contributed by atoms with Crippen molar-refractivity contribution in [3.8, 4) is 0 Å². The van der Waals surface area contributed by atoms with Gasteiger partial charge in [0.05, 0.1) is 13.2 Å². The SMILES string of the molecule is O=C(Cn1cnnn1)NCC1COCCN1. The minimum absolute atomic E-state index is 0.111. The number of tetrazole rings is 1. The Kier molecular flexibility index (Phi) is 3.78. The standard InChI is InChI=1S/C8H14N6O2/c15-8(4-14-6-11-12-13-14)10-3-7-5-16-2-1-9-7/h6-7,9H,1-5H2,(H,10,15). The molecule has 16 heavy (non-hydrogen) atoms. The lowest BCUT2D eigenvalue weighted by Gasteiger charge is -2.23. The van der Waals surface area contributed by atoms with Gasteiger partial charge in [0.25, 0.3) is 0 Å². The summed E-state index contributed by atoms with van der Waals surface area (Å²) in [6.07, 6.45) is 1.40. The van der Waals surface area contributed by atoms with Crippen molar-refractivity contribution in [3.63, 3.8) is 0 Å². The Morgan fingerprint density at radius 1 is 1.69 bits per heavy atom. The van der Waals surface area contributed by atoms with Crippen LogP contribution in [0.1, 0.15) is 0 Å². The summed E-state index contributed by atoms with van der Waals surface area (Å²) in [5.74, 6) is -0.111. The van der Waals surface area contributed by atoms with Gasteiger partial charge in [-0.15, -0.1) is 5.10 Å². The average Bonchev–Trinajstić information content (AvgIpc) is 2.81. The maximum Gasteiger partial charge on any atom is 0.241 e. The van der Waals surface area contributed by atoms with E-state index in [1.54, 1.807) is 0 Å². The van der Waals surface area contributed by atoms with Crippen molar-refractivity contribution < 1.29 is 9.53 Å². The molecule has 0 aliphatic carbocycles. The van der Waals surface area contributed by atoms with E-state index < -0.39 is 0 Å². The Balaban J connectivity index is 1.67.